The number of carbonyl (C=O) groups excluding carboxylic acids is 2. The van der Waals surface area contributed by atoms with Gasteiger partial charge in [0.25, 0.3) is 11.8 Å². The van der Waals surface area contributed by atoms with Gasteiger partial charge in [-0.05, 0) is 55.0 Å². The van der Waals surface area contributed by atoms with Crippen LogP contribution in [0.1, 0.15) is 28.6 Å². The summed E-state index contributed by atoms with van der Waals surface area (Å²) in [6.07, 6.45) is 0.700. The maximum absolute atomic E-state index is 12.3. The molecule has 0 aliphatic rings. The first kappa shape index (κ1) is 19.7. The molecule has 2 amide bonds. The number of hydrogen-bond donors (Lipinski definition) is 2. The second-order valence-electron chi connectivity index (χ2n) is 6.25. The van der Waals surface area contributed by atoms with Crippen LogP contribution >= 0.6 is 0 Å². The molecule has 0 bridgehead atoms. The fourth-order valence-electron chi connectivity index (χ4n) is 2.59. The van der Waals surface area contributed by atoms with Crippen molar-refractivity contribution in [3.63, 3.8) is 0 Å². The Morgan fingerprint density at radius 2 is 1.97 bits per heavy atom. The van der Waals surface area contributed by atoms with Gasteiger partial charge in [-0.25, -0.2) is 0 Å². The van der Waals surface area contributed by atoms with Crippen LogP contribution < -0.4 is 15.4 Å². The van der Waals surface area contributed by atoms with Crippen LogP contribution in [-0.4, -0.2) is 17.9 Å². The molecule has 1 atom stereocenters. The minimum atomic E-state index is -0.731. The fourth-order valence-corrected chi connectivity index (χ4v) is 2.59. The average Bonchev–Trinajstić information content (AvgIpc) is 3.27. The van der Waals surface area contributed by atoms with Crippen molar-refractivity contribution < 1.29 is 18.7 Å². The highest BCUT2D eigenvalue weighted by atomic mass is 16.5. The lowest BCUT2D eigenvalue weighted by molar-refractivity contribution is -0.127. The Kier molecular flexibility index (Phi) is 6.28. The summed E-state index contributed by atoms with van der Waals surface area (Å²) in [5, 5.41) is 14.5. The molecule has 1 heterocycles. The summed E-state index contributed by atoms with van der Waals surface area (Å²) in [5.74, 6) is 0.0275. The summed E-state index contributed by atoms with van der Waals surface area (Å²) in [4.78, 5) is 24.4. The molecular formula is C22H19N3O4. The molecule has 2 N–H and O–H groups in total. The van der Waals surface area contributed by atoms with Crippen molar-refractivity contribution >= 4 is 17.5 Å². The van der Waals surface area contributed by atoms with Crippen molar-refractivity contribution in [1.29, 1.82) is 5.26 Å². The largest absolute Gasteiger partial charge is 0.481 e. The number of carbonyl (C=O) groups is 2. The van der Waals surface area contributed by atoms with E-state index in [1.54, 1.807) is 61.5 Å². The number of nitrogens with zero attached hydrogens (tertiary/aromatic N) is 1. The third-order valence-corrected chi connectivity index (χ3v) is 4.04. The first-order chi connectivity index (χ1) is 14.0. The van der Waals surface area contributed by atoms with E-state index in [1.807, 2.05) is 12.1 Å². The summed E-state index contributed by atoms with van der Waals surface area (Å²) < 4.78 is 10.7. The first-order valence-corrected chi connectivity index (χ1v) is 8.93. The lowest BCUT2D eigenvalue weighted by Gasteiger charge is -2.15. The molecule has 0 spiro atoms. The minimum Gasteiger partial charge on any atom is -0.481 e. The van der Waals surface area contributed by atoms with Crippen molar-refractivity contribution in [2.24, 2.45) is 0 Å². The second-order valence-corrected chi connectivity index (χ2v) is 6.25. The van der Waals surface area contributed by atoms with Crippen molar-refractivity contribution in [3.05, 3.63) is 83.8 Å². The van der Waals surface area contributed by atoms with E-state index >= 15 is 0 Å². The van der Waals surface area contributed by atoms with Crippen LogP contribution in [0.5, 0.6) is 5.75 Å². The smallest absolute Gasteiger partial charge is 0.291 e. The van der Waals surface area contributed by atoms with E-state index in [0.29, 0.717) is 17.0 Å². The number of hydrogen-bond acceptors (Lipinski definition) is 5. The maximum atomic E-state index is 12.3. The monoisotopic (exact) mass is 389 g/mol. The van der Waals surface area contributed by atoms with Gasteiger partial charge in [-0.3, -0.25) is 9.59 Å². The molecule has 7 heteroatoms. The topological polar surface area (TPSA) is 104 Å². The molecule has 2 aromatic carbocycles. The molecule has 7 nitrogen and oxygen atoms in total. The summed E-state index contributed by atoms with van der Waals surface area (Å²) in [6.45, 7) is 1.91. The van der Waals surface area contributed by atoms with Crippen molar-refractivity contribution in [2.75, 3.05) is 5.32 Å². The Morgan fingerprint density at radius 1 is 1.14 bits per heavy atom. The highest BCUT2D eigenvalue weighted by Gasteiger charge is 2.15. The quantitative estimate of drug-likeness (QED) is 0.644. The lowest BCUT2D eigenvalue weighted by atomic mass is 10.2. The molecule has 1 unspecified atom stereocenters. The molecular weight excluding hydrogens is 370 g/mol. The standard InChI is InChI=1S/C22H19N3O4/c1-15(29-19-8-3-5-16(12-19)13-23)21(26)24-14-17-6-2-7-18(11-17)25-22(27)20-9-4-10-28-20/h2-12,15H,14H2,1H3,(H,24,26)(H,25,27). The number of nitriles is 1. The van der Waals surface area contributed by atoms with E-state index in [0.717, 1.165) is 5.56 Å². The third kappa shape index (κ3) is 5.47. The molecule has 0 aliphatic heterocycles. The molecule has 3 rings (SSSR count). The number of nitrogens with one attached hydrogen (secondary N) is 2. The van der Waals surface area contributed by atoms with Gasteiger partial charge in [-0.2, -0.15) is 5.26 Å². The number of anilines is 1. The molecule has 3 aromatic rings. The number of amides is 2. The molecule has 146 valence electrons. The number of benzene rings is 2. The summed E-state index contributed by atoms with van der Waals surface area (Å²) >= 11 is 0. The summed E-state index contributed by atoms with van der Waals surface area (Å²) in [6, 6.07) is 19.0. The van der Waals surface area contributed by atoms with Gasteiger partial charge in [0.15, 0.2) is 11.9 Å². The molecule has 0 fully saturated rings. The predicted octanol–water partition coefficient (Wildman–Crippen LogP) is 3.49. The Bertz CT molecular complexity index is 1040. The van der Waals surface area contributed by atoms with Crippen LogP contribution in [0.25, 0.3) is 0 Å². The van der Waals surface area contributed by atoms with Gasteiger partial charge in [0.1, 0.15) is 5.75 Å². The van der Waals surface area contributed by atoms with E-state index < -0.39 is 6.10 Å². The van der Waals surface area contributed by atoms with Crippen molar-refractivity contribution in [1.82, 2.24) is 5.32 Å². The second kappa shape index (κ2) is 9.24. The Hall–Kier alpha value is -4.05. The Morgan fingerprint density at radius 3 is 2.72 bits per heavy atom. The van der Waals surface area contributed by atoms with Crippen molar-refractivity contribution in [2.45, 2.75) is 19.6 Å². The normalized spacial score (nSPS) is 11.2. The van der Waals surface area contributed by atoms with Gasteiger partial charge in [0.2, 0.25) is 0 Å². The maximum Gasteiger partial charge on any atom is 0.291 e. The number of rotatable bonds is 7. The Labute approximate surface area is 167 Å². The Balaban J connectivity index is 1.54. The molecule has 29 heavy (non-hydrogen) atoms. The van der Waals surface area contributed by atoms with E-state index in [2.05, 4.69) is 10.6 Å². The molecule has 0 saturated carbocycles. The van der Waals surface area contributed by atoms with Gasteiger partial charge < -0.3 is 19.8 Å². The first-order valence-electron chi connectivity index (χ1n) is 8.93. The van der Waals surface area contributed by atoms with Crippen LogP contribution in [0.2, 0.25) is 0 Å². The number of furan rings is 1. The molecule has 0 radical (unpaired) electrons. The highest BCUT2D eigenvalue weighted by molar-refractivity contribution is 6.02. The summed E-state index contributed by atoms with van der Waals surface area (Å²) in [7, 11) is 0. The van der Waals surface area contributed by atoms with E-state index in [1.165, 1.54) is 6.26 Å². The van der Waals surface area contributed by atoms with Crippen molar-refractivity contribution in [3.8, 4) is 11.8 Å². The molecule has 0 aliphatic carbocycles. The van der Waals surface area contributed by atoms with Gasteiger partial charge in [0, 0.05) is 12.2 Å². The highest BCUT2D eigenvalue weighted by Crippen LogP contribution is 2.15. The average molecular weight is 389 g/mol. The zero-order valence-corrected chi connectivity index (χ0v) is 15.7. The number of ether oxygens (including phenoxy) is 1. The van der Waals surface area contributed by atoms with Gasteiger partial charge >= 0.3 is 0 Å². The third-order valence-electron chi connectivity index (χ3n) is 4.04. The SMILES string of the molecule is CC(Oc1cccc(C#N)c1)C(=O)NCc1cccc(NC(=O)c2ccco2)c1. The van der Waals surface area contributed by atoms with Crippen LogP contribution in [0.3, 0.4) is 0 Å². The zero-order chi connectivity index (χ0) is 20.6. The molecule has 1 aromatic heterocycles. The van der Waals surface area contributed by atoms with E-state index in [-0.39, 0.29) is 24.1 Å². The van der Waals surface area contributed by atoms with Gasteiger partial charge in [-0.1, -0.05) is 18.2 Å². The van der Waals surface area contributed by atoms with Crippen LogP contribution in [-0.2, 0) is 11.3 Å². The predicted molar refractivity (Wildman–Crippen MR) is 106 cm³/mol. The van der Waals surface area contributed by atoms with Crippen LogP contribution in [0.4, 0.5) is 5.69 Å². The zero-order valence-electron chi connectivity index (χ0n) is 15.7. The van der Waals surface area contributed by atoms with E-state index in [4.69, 9.17) is 14.4 Å². The van der Waals surface area contributed by atoms with Crippen LogP contribution in [0.15, 0.2) is 71.3 Å². The van der Waals surface area contributed by atoms with Crippen LogP contribution in [0, 0.1) is 11.3 Å². The van der Waals surface area contributed by atoms with Gasteiger partial charge in [0.05, 0.1) is 17.9 Å². The fraction of sp³-hybridized carbons (Fsp3) is 0.136. The lowest BCUT2D eigenvalue weighted by Crippen LogP contribution is -2.35. The van der Waals surface area contributed by atoms with Gasteiger partial charge in [-0.15, -0.1) is 0 Å². The summed E-state index contributed by atoms with van der Waals surface area (Å²) in [5.41, 5.74) is 1.87. The molecule has 0 saturated heterocycles. The van der Waals surface area contributed by atoms with E-state index in [9.17, 15) is 9.59 Å². The minimum absolute atomic E-state index is 0.218.